The summed E-state index contributed by atoms with van der Waals surface area (Å²) >= 11 is 0. The Morgan fingerprint density at radius 3 is 2.61 bits per heavy atom. The van der Waals surface area contributed by atoms with Crippen molar-refractivity contribution in [1.82, 2.24) is 4.90 Å². The molecule has 0 aliphatic heterocycles. The van der Waals surface area contributed by atoms with Gasteiger partial charge in [0, 0.05) is 32.0 Å². The van der Waals surface area contributed by atoms with Gasteiger partial charge in [0.2, 0.25) is 0 Å². The Labute approximate surface area is 107 Å². The highest BCUT2D eigenvalue weighted by molar-refractivity contribution is 5.99. The predicted molar refractivity (Wildman–Crippen MR) is 70.9 cm³/mol. The SMILES string of the molecule is CCN(CCOC)C(=O)c1ccc(OC)cc1N. The molecule has 0 spiro atoms. The fourth-order valence-electron chi connectivity index (χ4n) is 1.64. The molecule has 1 aromatic carbocycles. The van der Waals surface area contributed by atoms with Gasteiger partial charge in [-0.2, -0.15) is 0 Å². The van der Waals surface area contributed by atoms with Crippen LogP contribution >= 0.6 is 0 Å². The van der Waals surface area contributed by atoms with Gasteiger partial charge in [-0.1, -0.05) is 0 Å². The van der Waals surface area contributed by atoms with Gasteiger partial charge in [0.1, 0.15) is 5.75 Å². The van der Waals surface area contributed by atoms with Crippen LogP contribution in [0.3, 0.4) is 0 Å². The van der Waals surface area contributed by atoms with Crippen molar-refractivity contribution in [2.75, 3.05) is 39.6 Å². The van der Waals surface area contributed by atoms with Crippen molar-refractivity contribution in [2.24, 2.45) is 0 Å². The number of hydrogen-bond acceptors (Lipinski definition) is 4. The van der Waals surface area contributed by atoms with Gasteiger partial charge in [0.25, 0.3) is 5.91 Å². The topological polar surface area (TPSA) is 64.8 Å². The third-order valence-electron chi connectivity index (χ3n) is 2.72. The van der Waals surface area contributed by atoms with Crippen molar-refractivity contribution < 1.29 is 14.3 Å². The van der Waals surface area contributed by atoms with E-state index in [9.17, 15) is 4.79 Å². The number of nitrogens with zero attached hydrogens (tertiary/aromatic N) is 1. The monoisotopic (exact) mass is 252 g/mol. The largest absolute Gasteiger partial charge is 0.497 e. The lowest BCUT2D eigenvalue weighted by Crippen LogP contribution is -2.34. The summed E-state index contributed by atoms with van der Waals surface area (Å²) in [5.74, 6) is 0.554. The summed E-state index contributed by atoms with van der Waals surface area (Å²) in [4.78, 5) is 13.9. The summed E-state index contributed by atoms with van der Waals surface area (Å²) in [6.45, 7) is 3.61. The van der Waals surface area contributed by atoms with Crippen LogP contribution in [0.2, 0.25) is 0 Å². The average Bonchev–Trinajstić information content (AvgIpc) is 2.39. The zero-order valence-electron chi connectivity index (χ0n) is 11.1. The summed E-state index contributed by atoms with van der Waals surface area (Å²) in [5, 5.41) is 0. The molecule has 0 fully saturated rings. The Hall–Kier alpha value is -1.75. The molecule has 0 saturated heterocycles. The Bertz CT molecular complexity index is 407. The second kappa shape index (κ2) is 6.86. The van der Waals surface area contributed by atoms with Crippen LogP contribution in [0.25, 0.3) is 0 Å². The van der Waals surface area contributed by atoms with Crippen molar-refractivity contribution in [3.63, 3.8) is 0 Å². The van der Waals surface area contributed by atoms with E-state index in [0.29, 0.717) is 36.7 Å². The van der Waals surface area contributed by atoms with E-state index in [1.165, 1.54) is 0 Å². The second-order valence-corrected chi connectivity index (χ2v) is 3.83. The quantitative estimate of drug-likeness (QED) is 0.777. The minimum absolute atomic E-state index is 0.0882. The zero-order valence-corrected chi connectivity index (χ0v) is 11.1. The van der Waals surface area contributed by atoms with Crippen LogP contribution in [0, 0.1) is 0 Å². The van der Waals surface area contributed by atoms with E-state index in [1.807, 2.05) is 6.92 Å². The molecule has 1 aromatic rings. The van der Waals surface area contributed by atoms with Gasteiger partial charge in [-0.25, -0.2) is 0 Å². The van der Waals surface area contributed by atoms with E-state index in [-0.39, 0.29) is 5.91 Å². The number of amides is 1. The number of likely N-dealkylation sites (N-methyl/N-ethyl adjacent to an activating group) is 1. The van der Waals surface area contributed by atoms with Gasteiger partial charge in [-0.3, -0.25) is 4.79 Å². The molecule has 2 N–H and O–H groups in total. The third-order valence-corrected chi connectivity index (χ3v) is 2.72. The number of hydrogen-bond donors (Lipinski definition) is 1. The normalized spacial score (nSPS) is 10.2. The molecule has 0 unspecified atom stereocenters. The Balaban J connectivity index is 2.87. The predicted octanol–water partition coefficient (Wildman–Crippen LogP) is 1.39. The molecule has 0 atom stereocenters. The fourth-order valence-corrected chi connectivity index (χ4v) is 1.64. The van der Waals surface area contributed by atoms with Gasteiger partial charge in [-0.15, -0.1) is 0 Å². The highest BCUT2D eigenvalue weighted by Gasteiger charge is 2.16. The standard InChI is InChI=1S/C13H20N2O3/c1-4-15(7-8-17-2)13(16)11-6-5-10(18-3)9-12(11)14/h5-6,9H,4,7-8,14H2,1-3H3. The van der Waals surface area contributed by atoms with E-state index in [1.54, 1.807) is 37.3 Å². The van der Waals surface area contributed by atoms with Crippen molar-refractivity contribution >= 4 is 11.6 Å². The summed E-state index contributed by atoms with van der Waals surface area (Å²) < 4.78 is 10.0. The summed E-state index contributed by atoms with van der Waals surface area (Å²) in [6.07, 6.45) is 0. The highest BCUT2D eigenvalue weighted by atomic mass is 16.5. The van der Waals surface area contributed by atoms with Crippen molar-refractivity contribution in [3.8, 4) is 5.75 Å². The molecule has 0 heterocycles. The van der Waals surface area contributed by atoms with Crippen LogP contribution in [-0.4, -0.2) is 44.7 Å². The molecular formula is C13H20N2O3. The number of carbonyl (C=O) groups excluding carboxylic acids is 1. The molecule has 0 saturated carbocycles. The minimum Gasteiger partial charge on any atom is -0.497 e. The molecule has 1 rings (SSSR count). The van der Waals surface area contributed by atoms with Crippen LogP contribution in [0.15, 0.2) is 18.2 Å². The van der Waals surface area contributed by atoms with E-state index in [2.05, 4.69) is 0 Å². The van der Waals surface area contributed by atoms with E-state index in [4.69, 9.17) is 15.2 Å². The molecule has 0 bridgehead atoms. The fraction of sp³-hybridized carbons (Fsp3) is 0.462. The number of ether oxygens (including phenoxy) is 2. The Morgan fingerprint density at radius 2 is 2.11 bits per heavy atom. The lowest BCUT2D eigenvalue weighted by Gasteiger charge is -2.21. The molecular weight excluding hydrogens is 232 g/mol. The zero-order chi connectivity index (χ0) is 13.5. The number of benzene rings is 1. The first-order valence-electron chi connectivity index (χ1n) is 5.85. The number of anilines is 1. The van der Waals surface area contributed by atoms with Crippen LogP contribution in [0.4, 0.5) is 5.69 Å². The summed E-state index contributed by atoms with van der Waals surface area (Å²) in [6, 6.07) is 5.07. The number of rotatable bonds is 6. The van der Waals surface area contributed by atoms with Crippen molar-refractivity contribution in [2.45, 2.75) is 6.92 Å². The maximum Gasteiger partial charge on any atom is 0.256 e. The van der Waals surface area contributed by atoms with Gasteiger partial charge in [-0.05, 0) is 19.1 Å². The lowest BCUT2D eigenvalue weighted by molar-refractivity contribution is 0.0707. The molecule has 0 aliphatic rings. The van der Waals surface area contributed by atoms with Crippen LogP contribution < -0.4 is 10.5 Å². The first kappa shape index (κ1) is 14.3. The first-order chi connectivity index (χ1) is 8.63. The summed E-state index contributed by atoms with van der Waals surface area (Å²) in [7, 11) is 3.17. The maximum absolute atomic E-state index is 12.3. The Morgan fingerprint density at radius 1 is 1.39 bits per heavy atom. The third kappa shape index (κ3) is 3.37. The minimum atomic E-state index is -0.0882. The molecule has 0 aliphatic carbocycles. The van der Waals surface area contributed by atoms with E-state index >= 15 is 0 Å². The highest BCUT2D eigenvalue weighted by Crippen LogP contribution is 2.20. The second-order valence-electron chi connectivity index (χ2n) is 3.83. The smallest absolute Gasteiger partial charge is 0.256 e. The van der Waals surface area contributed by atoms with Gasteiger partial charge >= 0.3 is 0 Å². The summed E-state index contributed by atoms with van der Waals surface area (Å²) in [5.41, 5.74) is 6.78. The molecule has 0 aromatic heterocycles. The van der Waals surface area contributed by atoms with Crippen LogP contribution in [0.5, 0.6) is 5.75 Å². The van der Waals surface area contributed by atoms with Gasteiger partial charge in [0.15, 0.2) is 0 Å². The lowest BCUT2D eigenvalue weighted by atomic mass is 10.1. The maximum atomic E-state index is 12.3. The molecule has 0 radical (unpaired) electrons. The van der Waals surface area contributed by atoms with Crippen LogP contribution in [0.1, 0.15) is 17.3 Å². The molecule has 18 heavy (non-hydrogen) atoms. The van der Waals surface area contributed by atoms with E-state index in [0.717, 1.165) is 0 Å². The molecule has 1 amide bonds. The van der Waals surface area contributed by atoms with Gasteiger partial charge in [0.05, 0.1) is 19.3 Å². The first-order valence-corrected chi connectivity index (χ1v) is 5.85. The number of nitrogens with two attached hydrogens (primary N) is 1. The molecule has 5 heteroatoms. The number of methoxy groups -OCH3 is 2. The molecule has 100 valence electrons. The number of nitrogen functional groups attached to an aromatic ring is 1. The van der Waals surface area contributed by atoms with Gasteiger partial charge < -0.3 is 20.1 Å². The van der Waals surface area contributed by atoms with Crippen molar-refractivity contribution in [1.29, 1.82) is 0 Å². The van der Waals surface area contributed by atoms with Crippen LogP contribution in [-0.2, 0) is 4.74 Å². The molecule has 5 nitrogen and oxygen atoms in total. The van der Waals surface area contributed by atoms with E-state index < -0.39 is 0 Å². The number of carbonyl (C=O) groups is 1. The van der Waals surface area contributed by atoms with Crippen molar-refractivity contribution in [3.05, 3.63) is 23.8 Å². The average molecular weight is 252 g/mol. The Kier molecular flexibility index (Phi) is 5.45.